The van der Waals surface area contributed by atoms with Crippen molar-refractivity contribution in [2.75, 3.05) is 0 Å². The van der Waals surface area contributed by atoms with Gasteiger partial charge in [0.05, 0.1) is 11.4 Å². The molecular weight excluding hydrogens is 328 g/mol. The van der Waals surface area contributed by atoms with Gasteiger partial charge >= 0.3 is 0 Å². The Morgan fingerprint density at radius 2 is 2.22 bits per heavy atom. The molecule has 0 radical (unpaired) electrons. The third kappa shape index (κ3) is 3.12. The summed E-state index contributed by atoms with van der Waals surface area (Å²) in [5.41, 5.74) is 1.37. The quantitative estimate of drug-likeness (QED) is 0.656. The van der Waals surface area contributed by atoms with Crippen LogP contribution in [-0.4, -0.2) is 20.7 Å². The molecule has 0 aromatic carbocycles. The van der Waals surface area contributed by atoms with E-state index < -0.39 is 0 Å². The molecule has 2 aliphatic rings. The van der Waals surface area contributed by atoms with E-state index in [0.717, 1.165) is 36.4 Å². The standard InChI is InChI=1S/C16H20N4OS2/c21-15(13-8-10-4-2-1-3-5-12(10)23-13)17-9-14-18-19-16(22)20(14)11-6-7-11/h8,11H,1-7,9H2,(H,17,21)(H,19,22). The lowest BCUT2D eigenvalue weighted by molar-refractivity contribution is 0.0953. The van der Waals surface area contributed by atoms with Gasteiger partial charge in [-0.25, -0.2) is 0 Å². The molecule has 2 N–H and O–H groups in total. The van der Waals surface area contributed by atoms with E-state index in [1.54, 1.807) is 11.3 Å². The van der Waals surface area contributed by atoms with Crippen LogP contribution >= 0.6 is 23.6 Å². The number of carbonyl (C=O) groups excluding carboxylic acids is 1. The molecule has 1 saturated carbocycles. The van der Waals surface area contributed by atoms with Crippen LogP contribution in [0.25, 0.3) is 0 Å². The number of thiophene rings is 1. The van der Waals surface area contributed by atoms with Crippen molar-refractivity contribution in [3.63, 3.8) is 0 Å². The van der Waals surface area contributed by atoms with Crippen LogP contribution in [0.4, 0.5) is 0 Å². The van der Waals surface area contributed by atoms with Gasteiger partial charge < -0.3 is 5.32 Å². The highest BCUT2D eigenvalue weighted by Crippen LogP contribution is 2.35. The highest BCUT2D eigenvalue weighted by Gasteiger charge is 2.27. The van der Waals surface area contributed by atoms with Gasteiger partial charge in [0.1, 0.15) is 0 Å². The van der Waals surface area contributed by atoms with Crippen molar-refractivity contribution in [1.29, 1.82) is 0 Å². The van der Waals surface area contributed by atoms with Crippen molar-refractivity contribution in [1.82, 2.24) is 20.1 Å². The topological polar surface area (TPSA) is 62.7 Å². The number of aromatic nitrogens is 3. The molecule has 1 fully saturated rings. The molecule has 7 heteroatoms. The number of fused-ring (bicyclic) bond motifs is 1. The molecule has 0 bridgehead atoms. The summed E-state index contributed by atoms with van der Waals surface area (Å²) in [7, 11) is 0. The molecule has 5 nitrogen and oxygen atoms in total. The van der Waals surface area contributed by atoms with Crippen molar-refractivity contribution in [2.24, 2.45) is 0 Å². The smallest absolute Gasteiger partial charge is 0.261 e. The van der Waals surface area contributed by atoms with Gasteiger partial charge in [0.2, 0.25) is 0 Å². The third-order valence-electron chi connectivity index (χ3n) is 4.57. The van der Waals surface area contributed by atoms with Gasteiger partial charge in [0, 0.05) is 10.9 Å². The summed E-state index contributed by atoms with van der Waals surface area (Å²) in [5.74, 6) is 0.823. The number of aromatic amines is 1. The van der Waals surface area contributed by atoms with Crippen LogP contribution in [0.3, 0.4) is 0 Å². The van der Waals surface area contributed by atoms with E-state index in [1.807, 2.05) is 4.57 Å². The van der Waals surface area contributed by atoms with E-state index in [2.05, 4.69) is 21.6 Å². The Hall–Kier alpha value is -1.47. The maximum Gasteiger partial charge on any atom is 0.261 e. The van der Waals surface area contributed by atoms with E-state index in [9.17, 15) is 4.79 Å². The van der Waals surface area contributed by atoms with E-state index >= 15 is 0 Å². The second-order valence-corrected chi connectivity index (χ2v) is 7.87. The Morgan fingerprint density at radius 1 is 1.39 bits per heavy atom. The van der Waals surface area contributed by atoms with Crippen LogP contribution in [0.2, 0.25) is 0 Å². The second kappa shape index (κ2) is 6.20. The summed E-state index contributed by atoms with van der Waals surface area (Å²) in [4.78, 5) is 14.7. The lowest BCUT2D eigenvalue weighted by Crippen LogP contribution is -2.24. The van der Waals surface area contributed by atoms with Crippen molar-refractivity contribution < 1.29 is 4.79 Å². The third-order valence-corrected chi connectivity index (χ3v) is 6.09. The summed E-state index contributed by atoms with van der Waals surface area (Å²) in [6.45, 7) is 0.422. The predicted octanol–water partition coefficient (Wildman–Crippen LogP) is 3.54. The molecule has 1 amide bonds. The Balaban J connectivity index is 1.45. The van der Waals surface area contributed by atoms with Gasteiger partial charge in [-0.2, -0.15) is 5.10 Å². The largest absolute Gasteiger partial charge is 0.344 e. The van der Waals surface area contributed by atoms with Crippen LogP contribution in [0.15, 0.2) is 6.07 Å². The van der Waals surface area contributed by atoms with Gasteiger partial charge in [0.25, 0.3) is 5.91 Å². The van der Waals surface area contributed by atoms with Crippen LogP contribution in [-0.2, 0) is 19.4 Å². The van der Waals surface area contributed by atoms with Gasteiger partial charge in [-0.05, 0) is 62.4 Å². The molecule has 4 rings (SSSR count). The summed E-state index contributed by atoms with van der Waals surface area (Å²) in [5, 5.41) is 10.1. The fraction of sp³-hybridized carbons (Fsp3) is 0.562. The first kappa shape index (κ1) is 15.1. The number of nitrogens with one attached hydrogen (secondary N) is 2. The van der Waals surface area contributed by atoms with Crippen LogP contribution < -0.4 is 5.32 Å². The number of rotatable bonds is 4. The number of carbonyl (C=O) groups is 1. The molecule has 23 heavy (non-hydrogen) atoms. The molecule has 0 saturated heterocycles. The number of amides is 1. The van der Waals surface area contributed by atoms with E-state index in [4.69, 9.17) is 12.2 Å². The average molecular weight is 348 g/mol. The first-order chi connectivity index (χ1) is 11.2. The van der Waals surface area contributed by atoms with Gasteiger partial charge in [-0.15, -0.1) is 11.3 Å². The number of aryl methyl sites for hydroxylation is 2. The minimum atomic E-state index is -0.000612. The highest BCUT2D eigenvalue weighted by atomic mass is 32.1. The number of nitrogens with zero attached hydrogens (tertiary/aromatic N) is 2. The van der Waals surface area contributed by atoms with E-state index in [-0.39, 0.29) is 5.91 Å². The summed E-state index contributed by atoms with van der Waals surface area (Å²) >= 11 is 6.92. The zero-order valence-corrected chi connectivity index (χ0v) is 14.6. The normalized spacial score (nSPS) is 17.6. The van der Waals surface area contributed by atoms with Gasteiger partial charge in [-0.3, -0.25) is 14.5 Å². The predicted molar refractivity (Wildman–Crippen MR) is 92.4 cm³/mol. The SMILES string of the molecule is O=C(NCc1n[nH]c(=S)n1C1CC1)c1cc2c(s1)CCCCC2. The molecule has 0 aliphatic heterocycles. The molecule has 122 valence electrons. The zero-order chi connectivity index (χ0) is 15.8. The highest BCUT2D eigenvalue weighted by molar-refractivity contribution is 7.71. The van der Waals surface area contributed by atoms with Gasteiger partial charge in [-0.1, -0.05) is 6.42 Å². The van der Waals surface area contributed by atoms with Crippen LogP contribution in [0.1, 0.15) is 64.1 Å². The van der Waals surface area contributed by atoms with Gasteiger partial charge in [0.15, 0.2) is 10.6 Å². The summed E-state index contributed by atoms with van der Waals surface area (Å²) in [6.07, 6.45) is 8.30. The molecule has 2 aliphatic carbocycles. The lowest BCUT2D eigenvalue weighted by Gasteiger charge is -2.06. The molecule has 2 heterocycles. The summed E-state index contributed by atoms with van der Waals surface area (Å²) in [6, 6.07) is 2.55. The fourth-order valence-corrected chi connectivity index (χ4v) is 4.67. The summed E-state index contributed by atoms with van der Waals surface area (Å²) < 4.78 is 2.69. The molecule has 0 unspecified atom stereocenters. The van der Waals surface area contributed by atoms with Crippen LogP contribution in [0.5, 0.6) is 0 Å². The molecule has 2 aromatic rings. The van der Waals surface area contributed by atoms with Crippen molar-refractivity contribution in [3.05, 3.63) is 32.0 Å². The fourth-order valence-electron chi connectivity index (χ4n) is 3.20. The number of hydrogen-bond donors (Lipinski definition) is 2. The van der Waals surface area contributed by atoms with Crippen molar-refractivity contribution in [2.45, 2.75) is 57.5 Å². The first-order valence-corrected chi connectivity index (χ1v) is 9.50. The second-order valence-electron chi connectivity index (χ2n) is 6.35. The molecule has 2 aromatic heterocycles. The van der Waals surface area contributed by atoms with Crippen molar-refractivity contribution >= 4 is 29.5 Å². The minimum absolute atomic E-state index is 0.000612. The Bertz CT molecular complexity index is 761. The van der Waals surface area contributed by atoms with Crippen LogP contribution in [0, 0.1) is 4.77 Å². The maximum atomic E-state index is 12.5. The minimum Gasteiger partial charge on any atom is -0.344 e. The van der Waals surface area contributed by atoms with Crippen molar-refractivity contribution in [3.8, 4) is 0 Å². The molecular formula is C16H20N4OS2. The first-order valence-electron chi connectivity index (χ1n) is 8.28. The van der Waals surface area contributed by atoms with E-state index in [1.165, 1.54) is 29.7 Å². The Kier molecular flexibility index (Phi) is 4.07. The maximum absolute atomic E-state index is 12.5. The monoisotopic (exact) mass is 348 g/mol. The Labute approximate surface area is 144 Å². The molecule has 0 spiro atoms. The Morgan fingerprint density at radius 3 is 3.04 bits per heavy atom. The lowest BCUT2D eigenvalue weighted by atomic mass is 10.1. The van der Waals surface area contributed by atoms with E-state index in [0.29, 0.717) is 17.4 Å². The molecule has 0 atom stereocenters. The zero-order valence-electron chi connectivity index (χ0n) is 12.9. The number of H-pyrrole nitrogens is 1. The average Bonchev–Trinajstić information content (AvgIpc) is 3.26. The number of hydrogen-bond acceptors (Lipinski definition) is 4.